The van der Waals surface area contributed by atoms with Crippen LogP contribution in [0.5, 0.6) is 5.75 Å². The molecule has 146 valence electrons. The number of carbonyl (C=O) groups is 1. The zero-order chi connectivity index (χ0) is 20.5. The van der Waals surface area contributed by atoms with Crippen LogP contribution >= 0.6 is 0 Å². The number of benzene rings is 2. The van der Waals surface area contributed by atoms with Crippen molar-refractivity contribution >= 4 is 17.6 Å². The molecule has 1 heterocycles. The Balaban J connectivity index is 1.84. The number of methoxy groups -OCH3 is 2. The van der Waals surface area contributed by atoms with Crippen LogP contribution in [0.3, 0.4) is 0 Å². The SMILES string of the molecule is COC(=O)c1ccc(C2C3=C(OC(=N)C2C#N)c2cc(OC)ccc2CC3)cc1. The molecule has 6 heteroatoms. The number of ether oxygens (including phenoxy) is 3. The fourth-order valence-electron chi connectivity index (χ4n) is 4.08. The molecule has 0 saturated heterocycles. The molecule has 0 radical (unpaired) electrons. The molecule has 2 aromatic rings. The Morgan fingerprint density at radius 3 is 2.59 bits per heavy atom. The first-order valence-electron chi connectivity index (χ1n) is 9.32. The largest absolute Gasteiger partial charge is 0.497 e. The maximum atomic E-state index is 11.7. The molecule has 2 aliphatic rings. The number of hydrogen-bond acceptors (Lipinski definition) is 6. The Morgan fingerprint density at radius 1 is 1.17 bits per heavy atom. The Morgan fingerprint density at radius 2 is 1.93 bits per heavy atom. The molecule has 1 aliphatic heterocycles. The topological polar surface area (TPSA) is 92.4 Å². The first kappa shape index (κ1) is 18.8. The van der Waals surface area contributed by atoms with Gasteiger partial charge in [-0.05, 0) is 53.8 Å². The first-order valence-corrected chi connectivity index (χ1v) is 9.32. The minimum Gasteiger partial charge on any atom is -0.497 e. The van der Waals surface area contributed by atoms with Gasteiger partial charge in [-0.15, -0.1) is 0 Å². The van der Waals surface area contributed by atoms with Crippen LogP contribution in [0.2, 0.25) is 0 Å². The van der Waals surface area contributed by atoms with Gasteiger partial charge in [0.2, 0.25) is 5.90 Å². The average molecular weight is 388 g/mol. The van der Waals surface area contributed by atoms with Gasteiger partial charge in [0.15, 0.2) is 0 Å². The number of aryl methyl sites for hydroxylation is 1. The van der Waals surface area contributed by atoms with Gasteiger partial charge >= 0.3 is 5.97 Å². The van der Waals surface area contributed by atoms with Gasteiger partial charge in [-0.2, -0.15) is 5.26 Å². The normalized spacial score (nSPS) is 20.1. The van der Waals surface area contributed by atoms with E-state index in [4.69, 9.17) is 19.6 Å². The van der Waals surface area contributed by atoms with E-state index < -0.39 is 11.9 Å². The summed E-state index contributed by atoms with van der Waals surface area (Å²) in [5.41, 5.74) is 4.35. The molecule has 0 bridgehead atoms. The van der Waals surface area contributed by atoms with Crippen LogP contribution < -0.4 is 4.74 Å². The van der Waals surface area contributed by atoms with Crippen molar-refractivity contribution in [3.63, 3.8) is 0 Å². The molecule has 2 unspecified atom stereocenters. The average Bonchev–Trinajstić information content (AvgIpc) is 2.77. The molecule has 29 heavy (non-hydrogen) atoms. The number of esters is 1. The standard InChI is InChI=1S/C23H20N2O4/c1-27-16-9-7-13-8-10-17-20(14-3-5-15(6-4-14)23(26)28-2)19(12-24)22(25)29-21(17)18(13)11-16/h3-7,9,11,19-20,25H,8,10H2,1-2H3. The van der Waals surface area contributed by atoms with Crippen molar-refractivity contribution in [2.45, 2.75) is 18.8 Å². The molecule has 6 nitrogen and oxygen atoms in total. The molecular weight excluding hydrogens is 368 g/mol. The van der Waals surface area contributed by atoms with Crippen molar-refractivity contribution in [1.82, 2.24) is 0 Å². The van der Waals surface area contributed by atoms with E-state index in [2.05, 4.69) is 6.07 Å². The molecular formula is C23H20N2O4. The molecule has 0 amide bonds. The molecule has 0 aromatic heterocycles. The van der Waals surface area contributed by atoms with Gasteiger partial charge in [0, 0.05) is 11.5 Å². The Bertz CT molecular complexity index is 1060. The lowest BCUT2D eigenvalue weighted by molar-refractivity contribution is 0.0600. The van der Waals surface area contributed by atoms with Crippen LogP contribution in [-0.4, -0.2) is 26.1 Å². The second kappa shape index (κ2) is 7.44. The third-order valence-corrected chi connectivity index (χ3v) is 5.55. The maximum absolute atomic E-state index is 11.7. The van der Waals surface area contributed by atoms with Crippen molar-refractivity contribution in [1.29, 1.82) is 10.7 Å². The van der Waals surface area contributed by atoms with E-state index in [1.807, 2.05) is 30.3 Å². The fourth-order valence-corrected chi connectivity index (χ4v) is 4.08. The van der Waals surface area contributed by atoms with Crippen LogP contribution in [-0.2, 0) is 15.9 Å². The van der Waals surface area contributed by atoms with Gasteiger partial charge < -0.3 is 14.2 Å². The summed E-state index contributed by atoms with van der Waals surface area (Å²) in [6.07, 6.45) is 1.56. The number of carbonyl (C=O) groups excluding carboxylic acids is 1. The predicted octanol–water partition coefficient (Wildman–Crippen LogP) is 4.07. The Labute approximate surface area is 168 Å². The van der Waals surface area contributed by atoms with Crippen molar-refractivity contribution in [2.75, 3.05) is 14.2 Å². The molecule has 2 atom stereocenters. The minimum atomic E-state index is -0.718. The van der Waals surface area contributed by atoms with E-state index in [-0.39, 0.29) is 11.8 Å². The van der Waals surface area contributed by atoms with Crippen LogP contribution in [0.4, 0.5) is 0 Å². The smallest absolute Gasteiger partial charge is 0.337 e. The van der Waals surface area contributed by atoms with Gasteiger partial charge in [0.25, 0.3) is 0 Å². The third-order valence-electron chi connectivity index (χ3n) is 5.55. The van der Waals surface area contributed by atoms with Crippen LogP contribution in [0.1, 0.15) is 39.4 Å². The quantitative estimate of drug-likeness (QED) is 0.800. The molecule has 0 saturated carbocycles. The summed E-state index contributed by atoms with van der Waals surface area (Å²) in [4.78, 5) is 11.7. The van der Waals surface area contributed by atoms with Gasteiger partial charge in [0.1, 0.15) is 17.4 Å². The fraction of sp³-hybridized carbons (Fsp3) is 0.261. The molecule has 4 rings (SSSR count). The van der Waals surface area contributed by atoms with E-state index in [1.54, 1.807) is 19.2 Å². The number of hydrogen-bond donors (Lipinski definition) is 1. The number of fused-ring (bicyclic) bond motifs is 2. The molecule has 2 aromatic carbocycles. The summed E-state index contributed by atoms with van der Waals surface area (Å²) in [6, 6.07) is 15.1. The summed E-state index contributed by atoms with van der Waals surface area (Å²) < 4.78 is 16.0. The van der Waals surface area contributed by atoms with Crippen molar-refractivity contribution in [3.8, 4) is 11.8 Å². The van der Waals surface area contributed by atoms with E-state index in [0.29, 0.717) is 17.1 Å². The Hall–Kier alpha value is -3.59. The monoisotopic (exact) mass is 388 g/mol. The molecule has 1 N–H and O–H groups in total. The highest BCUT2D eigenvalue weighted by Crippen LogP contribution is 2.47. The molecule has 0 spiro atoms. The summed E-state index contributed by atoms with van der Waals surface area (Å²) in [5.74, 6) is -0.138. The van der Waals surface area contributed by atoms with E-state index in [1.165, 1.54) is 7.11 Å². The van der Waals surface area contributed by atoms with E-state index in [9.17, 15) is 10.1 Å². The summed E-state index contributed by atoms with van der Waals surface area (Å²) in [5, 5.41) is 18.1. The number of nitriles is 1. The van der Waals surface area contributed by atoms with E-state index >= 15 is 0 Å². The molecule has 0 fully saturated rings. The summed E-state index contributed by atoms with van der Waals surface area (Å²) in [7, 11) is 2.95. The van der Waals surface area contributed by atoms with Gasteiger partial charge in [0.05, 0.1) is 25.9 Å². The second-order valence-electron chi connectivity index (χ2n) is 7.04. The molecule has 1 aliphatic carbocycles. The predicted molar refractivity (Wildman–Crippen MR) is 107 cm³/mol. The van der Waals surface area contributed by atoms with Crippen LogP contribution in [0.25, 0.3) is 5.76 Å². The number of nitrogens with one attached hydrogen (secondary N) is 1. The Kier molecular flexibility index (Phi) is 4.81. The highest BCUT2D eigenvalue weighted by atomic mass is 16.5. The lowest BCUT2D eigenvalue weighted by Crippen LogP contribution is -2.31. The highest BCUT2D eigenvalue weighted by molar-refractivity contribution is 5.91. The number of allylic oxidation sites excluding steroid dienone is 1. The number of rotatable bonds is 3. The second-order valence-corrected chi connectivity index (χ2v) is 7.04. The van der Waals surface area contributed by atoms with Gasteiger partial charge in [-0.3, -0.25) is 5.41 Å². The van der Waals surface area contributed by atoms with Crippen molar-refractivity contribution in [2.24, 2.45) is 5.92 Å². The van der Waals surface area contributed by atoms with Gasteiger partial charge in [-0.1, -0.05) is 18.2 Å². The van der Waals surface area contributed by atoms with Crippen LogP contribution in [0, 0.1) is 22.7 Å². The maximum Gasteiger partial charge on any atom is 0.337 e. The minimum absolute atomic E-state index is 0.0658. The van der Waals surface area contributed by atoms with Gasteiger partial charge in [-0.25, -0.2) is 4.79 Å². The number of nitrogens with zero attached hydrogens (tertiary/aromatic N) is 1. The van der Waals surface area contributed by atoms with E-state index in [0.717, 1.165) is 35.1 Å². The first-order chi connectivity index (χ1) is 14.1. The third kappa shape index (κ3) is 3.15. The van der Waals surface area contributed by atoms with Crippen molar-refractivity contribution < 1.29 is 19.0 Å². The van der Waals surface area contributed by atoms with Crippen LogP contribution in [0.15, 0.2) is 48.0 Å². The summed E-state index contributed by atoms with van der Waals surface area (Å²) >= 11 is 0. The lowest BCUT2D eigenvalue weighted by atomic mass is 9.73. The summed E-state index contributed by atoms with van der Waals surface area (Å²) in [6.45, 7) is 0. The van der Waals surface area contributed by atoms with Crippen molar-refractivity contribution in [3.05, 3.63) is 70.3 Å². The lowest BCUT2D eigenvalue weighted by Gasteiger charge is -2.36. The zero-order valence-corrected chi connectivity index (χ0v) is 16.2. The highest BCUT2D eigenvalue weighted by Gasteiger charge is 2.40. The zero-order valence-electron chi connectivity index (χ0n) is 16.2.